The van der Waals surface area contributed by atoms with Crippen molar-refractivity contribution in [2.45, 2.75) is 0 Å². The van der Waals surface area contributed by atoms with Crippen molar-refractivity contribution in [1.29, 1.82) is 0 Å². The standard InChI is InChI=1S/C17H17N3O/c1-20(2)14-8-5-7-13(11-14)18-17(21)16-10-12-6-3-4-9-15(12)19-16/h3-11,19H,1-2H3,(H,18,21). The Bertz CT molecular complexity index is 756. The summed E-state index contributed by atoms with van der Waals surface area (Å²) in [6.45, 7) is 0. The fourth-order valence-electron chi connectivity index (χ4n) is 2.26. The van der Waals surface area contributed by atoms with E-state index in [1.807, 2.05) is 73.6 Å². The molecule has 2 aromatic carbocycles. The Morgan fingerprint density at radius 2 is 1.86 bits per heavy atom. The predicted molar refractivity (Wildman–Crippen MR) is 87.0 cm³/mol. The summed E-state index contributed by atoms with van der Waals surface area (Å²) in [5.41, 5.74) is 3.35. The molecule has 0 bridgehead atoms. The van der Waals surface area contributed by atoms with Gasteiger partial charge in [-0.15, -0.1) is 0 Å². The smallest absolute Gasteiger partial charge is 0.272 e. The zero-order valence-electron chi connectivity index (χ0n) is 12.1. The van der Waals surface area contributed by atoms with Gasteiger partial charge in [0.05, 0.1) is 0 Å². The molecule has 0 saturated heterocycles. The van der Waals surface area contributed by atoms with Gasteiger partial charge in [0, 0.05) is 36.4 Å². The molecule has 0 aliphatic heterocycles. The molecule has 0 aliphatic carbocycles. The number of amides is 1. The monoisotopic (exact) mass is 279 g/mol. The van der Waals surface area contributed by atoms with Gasteiger partial charge in [0.1, 0.15) is 5.69 Å². The van der Waals surface area contributed by atoms with Gasteiger partial charge < -0.3 is 15.2 Å². The number of para-hydroxylation sites is 1. The van der Waals surface area contributed by atoms with Gasteiger partial charge in [-0.3, -0.25) is 4.79 Å². The van der Waals surface area contributed by atoms with Crippen LogP contribution in [0.4, 0.5) is 11.4 Å². The zero-order chi connectivity index (χ0) is 14.8. The molecule has 0 radical (unpaired) electrons. The number of nitrogens with zero attached hydrogens (tertiary/aromatic N) is 1. The number of hydrogen-bond acceptors (Lipinski definition) is 2. The minimum atomic E-state index is -0.137. The maximum atomic E-state index is 12.3. The van der Waals surface area contributed by atoms with E-state index in [0.29, 0.717) is 5.69 Å². The van der Waals surface area contributed by atoms with Crippen LogP contribution in [0.15, 0.2) is 54.6 Å². The van der Waals surface area contributed by atoms with Gasteiger partial charge in [0.2, 0.25) is 0 Å². The van der Waals surface area contributed by atoms with Crippen LogP contribution in [0.3, 0.4) is 0 Å². The largest absolute Gasteiger partial charge is 0.378 e. The van der Waals surface area contributed by atoms with Gasteiger partial charge in [-0.1, -0.05) is 24.3 Å². The summed E-state index contributed by atoms with van der Waals surface area (Å²) in [7, 11) is 3.94. The molecule has 106 valence electrons. The van der Waals surface area contributed by atoms with Crippen LogP contribution in [-0.2, 0) is 0 Å². The van der Waals surface area contributed by atoms with E-state index in [2.05, 4.69) is 10.3 Å². The van der Waals surface area contributed by atoms with Crippen molar-refractivity contribution in [1.82, 2.24) is 4.98 Å². The van der Waals surface area contributed by atoms with Crippen LogP contribution in [0.25, 0.3) is 10.9 Å². The van der Waals surface area contributed by atoms with Crippen LogP contribution in [0, 0.1) is 0 Å². The van der Waals surface area contributed by atoms with Gasteiger partial charge in [-0.05, 0) is 30.3 Å². The number of carbonyl (C=O) groups excluding carboxylic acids is 1. The molecule has 0 aliphatic rings. The van der Waals surface area contributed by atoms with E-state index in [1.165, 1.54) is 0 Å². The second-order valence-electron chi connectivity index (χ2n) is 5.17. The van der Waals surface area contributed by atoms with Crippen molar-refractivity contribution < 1.29 is 4.79 Å². The zero-order valence-corrected chi connectivity index (χ0v) is 12.1. The van der Waals surface area contributed by atoms with Crippen LogP contribution in [-0.4, -0.2) is 25.0 Å². The SMILES string of the molecule is CN(C)c1cccc(NC(=O)c2cc3ccccc3[nH]2)c1. The first-order chi connectivity index (χ1) is 10.1. The molecule has 1 amide bonds. The van der Waals surface area contributed by atoms with E-state index in [1.54, 1.807) is 0 Å². The van der Waals surface area contributed by atoms with Crippen LogP contribution in [0.1, 0.15) is 10.5 Å². The molecule has 0 saturated carbocycles. The maximum Gasteiger partial charge on any atom is 0.272 e. The minimum absolute atomic E-state index is 0.137. The number of rotatable bonds is 3. The highest BCUT2D eigenvalue weighted by Crippen LogP contribution is 2.19. The molecule has 3 rings (SSSR count). The number of aromatic amines is 1. The van der Waals surface area contributed by atoms with Crippen molar-refractivity contribution in [2.75, 3.05) is 24.3 Å². The lowest BCUT2D eigenvalue weighted by Crippen LogP contribution is -2.13. The molecule has 3 aromatic rings. The summed E-state index contributed by atoms with van der Waals surface area (Å²) < 4.78 is 0. The normalized spacial score (nSPS) is 10.6. The number of anilines is 2. The number of H-pyrrole nitrogens is 1. The van der Waals surface area contributed by atoms with Crippen LogP contribution in [0.5, 0.6) is 0 Å². The van der Waals surface area contributed by atoms with Gasteiger partial charge in [0.15, 0.2) is 0 Å². The maximum absolute atomic E-state index is 12.3. The molecular weight excluding hydrogens is 262 g/mol. The molecular formula is C17H17N3O. The third-order valence-electron chi connectivity index (χ3n) is 3.40. The number of fused-ring (bicyclic) bond motifs is 1. The number of nitrogens with one attached hydrogen (secondary N) is 2. The lowest BCUT2D eigenvalue weighted by molar-refractivity contribution is 0.102. The van der Waals surface area contributed by atoms with E-state index in [-0.39, 0.29) is 5.91 Å². The van der Waals surface area contributed by atoms with Crippen LogP contribution >= 0.6 is 0 Å². The first kappa shape index (κ1) is 13.2. The third-order valence-corrected chi connectivity index (χ3v) is 3.40. The second kappa shape index (κ2) is 5.32. The molecule has 4 heteroatoms. The van der Waals surface area contributed by atoms with Crippen molar-refractivity contribution in [3.63, 3.8) is 0 Å². The number of carbonyl (C=O) groups is 1. The fraction of sp³-hybridized carbons (Fsp3) is 0.118. The summed E-state index contributed by atoms with van der Waals surface area (Å²) in [5.74, 6) is -0.137. The fourth-order valence-corrected chi connectivity index (χ4v) is 2.26. The highest BCUT2D eigenvalue weighted by atomic mass is 16.1. The van der Waals surface area contributed by atoms with Gasteiger partial charge in [-0.25, -0.2) is 0 Å². The van der Waals surface area contributed by atoms with Crippen molar-refractivity contribution in [2.24, 2.45) is 0 Å². The van der Waals surface area contributed by atoms with E-state index in [9.17, 15) is 4.79 Å². The Kier molecular flexibility index (Phi) is 3.36. The topological polar surface area (TPSA) is 48.1 Å². The molecule has 1 aromatic heterocycles. The van der Waals surface area contributed by atoms with Crippen molar-refractivity contribution >= 4 is 28.2 Å². The molecule has 1 heterocycles. The average molecular weight is 279 g/mol. The first-order valence-corrected chi connectivity index (χ1v) is 6.80. The Morgan fingerprint density at radius 1 is 1.05 bits per heavy atom. The molecule has 0 atom stereocenters. The molecule has 0 spiro atoms. The van der Waals surface area contributed by atoms with Gasteiger partial charge >= 0.3 is 0 Å². The van der Waals surface area contributed by atoms with Gasteiger partial charge in [0.25, 0.3) is 5.91 Å². The van der Waals surface area contributed by atoms with Crippen molar-refractivity contribution in [3.8, 4) is 0 Å². The lowest BCUT2D eigenvalue weighted by Gasteiger charge is -2.13. The van der Waals surface area contributed by atoms with E-state index in [4.69, 9.17) is 0 Å². The quantitative estimate of drug-likeness (QED) is 0.771. The summed E-state index contributed by atoms with van der Waals surface area (Å²) in [6, 6.07) is 17.5. The van der Waals surface area contributed by atoms with E-state index in [0.717, 1.165) is 22.3 Å². The average Bonchev–Trinajstić information content (AvgIpc) is 2.91. The Balaban J connectivity index is 1.84. The highest BCUT2D eigenvalue weighted by Gasteiger charge is 2.10. The second-order valence-corrected chi connectivity index (χ2v) is 5.17. The van der Waals surface area contributed by atoms with Crippen LogP contribution in [0.2, 0.25) is 0 Å². The number of hydrogen-bond donors (Lipinski definition) is 2. The molecule has 2 N–H and O–H groups in total. The molecule has 0 unspecified atom stereocenters. The molecule has 21 heavy (non-hydrogen) atoms. The Hall–Kier alpha value is -2.75. The Morgan fingerprint density at radius 3 is 2.62 bits per heavy atom. The van der Waals surface area contributed by atoms with Crippen LogP contribution < -0.4 is 10.2 Å². The molecule has 0 fully saturated rings. The minimum Gasteiger partial charge on any atom is -0.378 e. The number of benzene rings is 2. The number of aromatic nitrogens is 1. The van der Waals surface area contributed by atoms with E-state index >= 15 is 0 Å². The summed E-state index contributed by atoms with van der Waals surface area (Å²) in [5, 5.41) is 3.95. The van der Waals surface area contributed by atoms with Crippen molar-refractivity contribution in [3.05, 3.63) is 60.3 Å². The predicted octanol–water partition coefficient (Wildman–Crippen LogP) is 3.49. The molecule has 4 nitrogen and oxygen atoms in total. The highest BCUT2D eigenvalue weighted by molar-refractivity contribution is 6.06. The lowest BCUT2D eigenvalue weighted by atomic mass is 10.2. The summed E-state index contributed by atoms with van der Waals surface area (Å²) >= 11 is 0. The first-order valence-electron chi connectivity index (χ1n) is 6.80. The third kappa shape index (κ3) is 2.74. The Labute approximate surface area is 123 Å². The summed E-state index contributed by atoms with van der Waals surface area (Å²) in [6.07, 6.45) is 0. The van der Waals surface area contributed by atoms with Gasteiger partial charge in [-0.2, -0.15) is 0 Å². The summed E-state index contributed by atoms with van der Waals surface area (Å²) in [4.78, 5) is 17.4. The van der Waals surface area contributed by atoms with E-state index < -0.39 is 0 Å².